The number of hydrogen-bond donors (Lipinski definition) is 1. The predicted octanol–water partition coefficient (Wildman–Crippen LogP) is 2.68. The number of ether oxygens (including phenoxy) is 1. The second-order valence-corrected chi connectivity index (χ2v) is 5.75. The maximum atomic E-state index is 13.5. The van der Waals surface area contributed by atoms with E-state index in [-0.39, 0.29) is 10.7 Å². The van der Waals surface area contributed by atoms with Crippen molar-refractivity contribution in [2.24, 2.45) is 0 Å². The summed E-state index contributed by atoms with van der Waals surface area (Å²) in [6, 6.07) is 6.62. The fourth-order valence-corrected chi connectivity index (χ4v) is 2.82. The van der Waals surface area contributed by atoms with Crippen LogP contribution < -0.4 is 9.46 Å². The number of hydrogen-bond acceptors (Lipinski definition) is 4. The van der Waals surface area contributed by atoms with E-state index in [1.807, 2.05) is 0 Å². The van der Waals surface area contributed by atoms with Gasteiger partial charge in [-0.25, -0.2) is 9.37 Å². The molecule has 0 saturated heterocycles. The van der Waals surface area contributed by atoms with Crippen molar-refractivity contribution in [2.75, 3.05) is 11.8 Å². The van der Waals surface area contributed by atoms with Crippen molar-refractivity contribution in [3.05, 3.63) is 47.4 Å². The van der Waals surface area contributed by atoms with E-state index in [2.05, 4.69) is 9.71 Å². The number of anilines is 1. The normalized spacial score (nSPS) is 11.2. The summed E-state index contributed by atoms with van der Waals surface area (Å²) in [5, 5.41) is -0.443. The first kappa shape index (κ1) is 14.5. The zero-order chi connectivity index (χ0) is 14.8. The van der Waals surface area contributed by atoms with E-state index in [4.69, 9.17) is 16.3 Å². The maximum Gasteiger partial charge on any atom is 0.282 e. The lowest BCUT2D eigenvalue weighted by molar-refractivity contribution is 0.415. The molecule has 0 spiro atoms. The van der Waals surface area contributed by atoms with Crippen LogP contribution >= 0.6 is 11.6 Å². The van der Waals surface area contributed by atoms with Gasteiger partial charge in [0.1, 0.15) is 5.75 Å². The topological polar surface area (TPSA) is 68.3 Å². The van der Waals surface area contributed by atoms with Crippen molar-refractivity contribution in [1.29, 1.82) is 0 Å². The maximum absolute atomic E-state index is 13.5. The lowest BCUT2D eigenvalue weighted by Gasteiger charge is -2.09. The Labute approximate surface area is 120 Å². The third-order valence-corrected chi connectivity index (χ3v) is 3.99. The van der Waals surface area contributed by atoms with E-state index in [0.717, 1.165) is 6.07 Å². The Balaban J connectivity index is 2.34. The molecule has 0 saturated carbocycles. The summed E-state index contributed by atoms with van der Waals surface area (Å²) in [4.78, 5) is 3.52. The van der Waals surface area contributed by atoms with Crippen LogP contribution in [-0.2, 0) is 10.0 Å². The van der Waals surface area contributed by atoms with Crippen molar-refractivity contribution in [3.63, 3.8) is 0 Å². The molecular formula is C12H10ClFN2O3S. The summed E-state index contributed by atoms with van der Waals surface area (Å²) < 4.78 is 44.6. The van der Waals surface area contributed by atoms with E-state index < -0.39 is 20.9 Å². The number of nitrogens with one attached hydrogen (secondary N) is 1. The molecule has 1 aromatic carbocycles. The van der Waals surface area contributed by atoms with E-state index in [1.54, 1.807) is 0 Å². The number of benzene rings is 1. The van der Waals surface area contributed by atoms with Gasteiger partial charge in [-0.05, 0) is 30.3 Å². The average Bonchev–Trinajstić information content (AvgIpc) is 2.38. The Morgan fingerprint density at radius 3 is 2.70 bits per heavy atom. The SMILES string of the molecule is COc1ccc(NS(=O)(=O)c2ncccc2F)cc1Cl. The molecule has 0 fully saturated rings. The molecule has 2 aromatic rings. The van der Waals surface area contributed by atoms with Gasteiger partial charge in [0.15, 0.2) is 5.82 Å². The Morgan fingerprint density at radius 2 is 2.10 bits per heavy atom. The molecule has 1 heterocycles. The Kier molecular flexibility index (Phi) is 4.10. The zero-order valence-electron chi connectivity index (χ0n) is 10.3. The fraction of sp³-hybridized carbons (Fsp3) is 0.0833. The van der Waals surface area contributed by atoms with E-state index in [9.17, 15) is 12.8 Å². The smallest absolute Gasteiger partial charge is 0.282 e. The molecule has 1 N–H and O–H groups in total. The lowest BCUT2D eigenvalue weighted by Crippen LogP contribution is -2.16. The van der Waals surface area contributed by atoms with Crippen molar-refractivity contribution in [3.8, 4) is 5.75 Å². The number of rotatable bonds is 4. The molecular weight excluding hydrogens is 307 g/mol. The first-order valence-corrected chi connectivity index (χ1v) is 7.27. The molecule has 0 atom stereocenters. The largest absolute Gasteiger partial charge is 0.495 e. The number of sulfonamides is 1. The third-order valence-electron chi connectivity index (χ3n) is 2.38. The van der Waals surface area contributed by atoms with Gasteiger partial charge in [-0.15, -0.1) is 0 Å². The zero-order valence-corrected chi connectivity index (χ0v) is 11.9. The molecule has 0 aliphatic heterocycles. The highest BCUT2D eigenvalue weighted by molar-refractivity contribution is 7.92. The van der Waals surface area contributed by atoms with Gasteiger partial charge >= 0.3 is 0 Å². The average molecular weight is 317 g/mol. The van der Waals surface area contributed by atoms with Crippen LogP contribution in [0.4, 0.5) is 10.1 Å². The fourth-order valence-electron chi connectivity index (χ4n) is 1.50. The molecule has 0 unspecified atom stereocenters. The van der Waals surface area contributed by atoms with Gasteiger partial charge in [-0.3, -0.25) is 4.72 Å². The third kappa shape index (κ3) is 3.00. The number of nitrogens with zero attached hydrogens (tertiary/aromatic N) is 1. The van der Waals surface area contributed by atoms with E-state index in [1.165, 1.54) is 37.6 Å². The molecule has 0 aliphatic carbocycles. The molecule has 8 heteroatoms. The minimum atomic E-state index is -4.12. The molecule has 20 heavy (non-hydrogen) atoms. The Morgan fingerprint density at radius 1 is 1.35 bits per heavy atom. The van der Waals surface area contributed by atoms with Gasteiger partial charge in [-0.1, -0.05) is 11.6 Å². The van der Waals surface area contributed by atoms with Crippen molar-refractivity contribution < 1.29 is 17.5 Å². The van der Waals surface area contributed by atoms with Crippen molar-refractivity contribution in [2.45, 2.75) is 5.03 Å². The minimum Gasteiger partial charge on any atom is -0.495 e. The first-order chi connectivity index (χ1) is 9.44. The van der Waals surface area contributed by atoms with E-state index >= 15 is 0 Å². The van der Waals surface area contributed by atoms with Crippen molar-refractivity contribution in [1.82, 2.24) is 4.98 Å². The van der Waals surface area contributed by atoms with Gasteiger partial charge in [0.05, 0.1) is 17.8 Å². The molecule has 0 radical (unpaired) electrons. The van der Waals surface area contributed by atoms with Crippen LogP contribution in [0.3, 0.4) is 0 Å². The van der Waals surface area contributed by atoms with Crippen LogP contribution in [0.15, 0.2) is 41.6 Å². The second-order valence-electron chi connectivity index (χ2n) is 3.75. The van der Waals surface area contributed by atoms with Crippen LogP contribution in [-0.4, -0.2) is 20.5 Å². The summed E-state index contributed by atoms with van der Waals surface area (Å²) in [7, 11) is -2.68. The summed E-state index contributed by atoms with van der Waals surface area (Å²) in [6.07, 6.45) is 1.19. The second kappa shape index (κ2) is 5.64. The highest BCUT2D eigenvalue weighted by Gasteiger charge is 2.20. The molecule has 2 rings (SSSR count). The Hall–Kier alpha value is -1.86. The van der Waals surface area contributed by atoms with Crippen LogP contribution in [0, 0.1) is 5.82 Å². The first-order valence-electron chi connectivity index (χ1n) is 5.41. The van der Waals surface area contributed by atoms with Crippen LogP contribution in [0.25, 0.3) is 0 Å². The van der Waals surface area contributed by atoms with Crippen LogP contribution in [0.2, 0.25) is 5.02 Å². The quantitative estimate of drug-likeness (QED) is 0.941. The summed E-state index contributed by atoms with van der Waals surface area (Å²) in [5.41, 5.74) is 0.181. The molecule has 0 aliphatic rings. The summed E-state index contributed by atoms with van der Waals surface area (Å²) >= 11 is 5.89. The monoisotopic (exact) mass is 316 g/mol. The van der Waals surface area contributed by atoms with Gasteiger partial charge in [0, 0.05) is 6.20 Å². The summed E-state index contributed by atoms with van der Waals surface area (Å²) in [5.74, 6) is -0.529. The van der Waals surface area contributed by atoms with Gasteiger partial charge < -0.3 is 4.74 Å². The van der Waals surface area contributed by atoms with Crippen LogP contribution in [0.5, 0.6) is 5.75 Å². The van der Waals surface area contributed by atoms with Gasteiger partial charge in [0.2, 0.25) is 5.03 Å². The van der Waals surface area contributed by atoms with E-state index in [0.29, 0.717) is 5.75 Å². The highest BCUT2D eigenvalue weighted by Crippen LogP contribution is 2.28. The van der Waals surface area contributed by atoms with Crippen molar-refractivity contribution >= 4 is 27.3 Å². The standard InChI is InChI=1S/C12H10ClFN2O3S/c1-19-11-5-4-8(7-9(11)13)16-20(17,18)12-10(14)3-2-6-15-12/h2-7,16H,1H3. The Bertz CT molecular complexity index is 737. The molecule has 0 amide bonds. The number of halogens is 2. The van der Waals surface area contributed by atoms with Crippen LogP contribution in [0.1, 0.15) is 0 Å². The molecule has 5 nitrogen and oxygen atoms in total. The number of pyridine rings is 1. The van der Waals surface area contributed by atoms with Gasteiger partial charge in [-0.2, -0.15) is 8.42 Å². The highest BCUT2D eigenvalue weighted by atomic mass is 35.5. The number of methoxy groups -OCH3 is 1. The number of aromatic nitrogens is 1. The predicted molar refractivity (Wildman–Crippen MR) is 73.0 cm³/mol. The molecule has 0 bridgehead atoms. The summed E-state index contributed by atoms with van der Waals surface area (Å²) in [6.45, 7) is 0. The molecule has 1 aromatic heterocycles. The lowest BCUT2D eigenvalue weighted by atomic mass is 10.3. The van der Waals surface area contributed by atoms with Gasteiger partial charge in [0.25, 0.3) is 10.0 Å². The molecule has 106 valence electrons. The minimum absolute atomic E-state index is 0.181.